The predicted octanol–water partition coefficient (Wildman–Crippen LogP) is 8.18. The number of alkyl halides is 3. The molecule has 0 radical (unpaired) electrons. The summed E-state index contributed by atoms with van der Waals surface area (Å²) in [4.78, 5) is 22.8. The molecule has 0 fully saturated rings. The second kappa shape index (κ2) is 18.8. The average molecular weight is 582 g/mol. The molecule has 0 bridgehead atoms. The zero-order valence-electron chi connectivity index (χ0n) is 21.0. The lowest BCUT2D eigenvalue weighted by Gasteiger charge is -2.27. The number of non-ortho nitro benzene ring substituents is 1. The Morgan fingerprint density at radius 1 is 0.944 bits per heavy atom. The van der Waals surface area contributed by atoms with Gasteiger partial charge in [-0.2, -0.15) is 0 Å². The van der Waals surface area contributed by atoms with Crippen LogP contribution in [0.2, 0.25) is 0 Å². The summed E-state index contributed by atoms with van der Waals surface area (Å²) in [6.45, 7) is 2.24. The molecule has 0 aliphatic carbocycles. The van der Waals surface area contributed by atoms with Crippen LogP contribution in [0, 0.1) is 10.1 Å². The van der Waals surface area contributed by atoms with Crippen molar-refractivity contribution in [2.45, 2.75) is 107 Å². The monoisotopic (exact) mass is 580 g/mol. The highest BCUT2D eigenvalue weighted by Gasteiger charge is 2.34. The first-order valence-electron chi connectivity index (χ1n) is 12.8. The largest absolute Gasteiger partial charge is 0.339 e. The van der Waals surface area contributed by atoms with Crippen molar-refractivity contribution in [3.63, 3.8) is 0 Å². The van der Waals surface area contributed by atoms with Gasteiger partial charge in [-0.3, -0.25) is 14.9 Å². The Kier molecular flexibility index (Phi) is 17.1. The molecular formula is C25H39Cl3N4O3S. The van der Waals surface area contributed by atoms with Crippen LogP contribution in [0.3, 0.4) is 0 Å². The second-order valence-electron chi connectivity index (χ2n) is 8.94. The highest BCUT2D eigenvalue weighted by atomic mass is 35.6. The van der Waals surface area contributed by atoms with Gasteiger partial charge in [0, 0.05) is 24.2 Å². The maximum atomic E-state index is 12.4. The molecule has 0 heterocycles. The molecule has 7 nitrogen and oxygen atoms in total. The van der Waals surface area contributed by atoms with Gasteiger partial charge in [0.25, 0.3) is 5.69 Å². The van der Waals surface area contributed by atoms with Crippen molar-refractivity contribution in [3.05, 3.63) is 34.4 Å². The van der Waals surface area contributed by atoms with Crippen molar-refractivity contribution >= 4 is 69.4 Å². The maximum Gasteiger partial charge on any atom is 0.271 e. The Labute approximate surface area is 235 Å². The summed E-state index contributed by atoms with van der Waals surface area (Å²) in [6, 6.07) is 5.82. The second-order valence-corrected chi connectivity index (χ2v) is 11.7. The number of benzene rings is 1. The van der Waals surface area contributed by atoms with Crippen LogP contribution in [-0.4, -0.2) is 25.9 Å². The van der Waals surface area contributed by atoms with Crippen molar-refractivity contribution < 1.29 is 9.72 Å². The Morgan fingerprint density at radius 2 is 1.47 bits per heavy atom. The molecule has 1 aromatic rings. The van der Waals surface area contributed by atoms with Gasteiger partial charge in [-0.1, -0.05) is 125 Å². The molecule has 1 aromatic carbocycles. The van der Waals surface area contributed by atoms with Crippen LogP contribution in [-0.2, 0) is 4.79 Å². The molecule has 0 saturated heterocycles. The first-order chi connectivity index (χ1) is 17.1. The zero-order valence-corrected chi connectivity index (χ0v) is 24.1. The smallest absolute Gasteiger partial charge is 0.271 e. The van der Waals surface area contributed by atoms with E-state index >= 15 is 0 Å². The van der Waals surface area contributed by atoms with Crippen molar-refractivity contribution in [2.24, 2.45) is 0 Å². The SMILES string of the molecule is CCCCCCCCCCCCCCCC(=O)NC(NC(=S)Nc1cccc([N+](=O)[O-])c1)C(Cl)(Cl)Cl. The molecule has 11 heteroatoms. The minimum Gasteiger partial charge on any atom is -0.339 e. The van der Waals surface area contributed by atoms with Gasteiger partial charge >= 0.3 is 0 Å². The van der Waals surface area contributed by atoms with E-state index in [9.17, 15) is 14.9 Å². The molecule has 36 heavy (non-hydrogen) atoms. The highest BCUT2D eigenvalue weighted by Crippen LogP contribution is 2.29. The number of thiocarbonyl (C=S) groups is 1. The number of nitrogens with zero attached hydrogens (tertiary/aromatic N) is 1. The Hall–Kier alpha value is -1.35. The van der Waals surface area contributed by atoms with Gasteiger partial charge in [0.05, 0.1) is 4.92 Å². The Balaban J connectivity index is 2.26. The molecule has 0 aliphatic heterocycles. The van der Waals surface area contributed by atoms with Crippen LogP contribution in [0.5, 0.6) is 0 Å². The number of carbonyl (C=O) groups is 1. The first kappa shape index (κ1) is 32.7. The topological polar surface area (TPSA) is 96.3 Å². The van der Waals surface area contributed by atoms with E-state index in [1.807, 2.05) is 0 Å². The summed E-state index contributed by atoms with van der Waals surface area (Å²) in [7, 11) is 0. The number of halogens is 3. The molecule has 0 spiro atoms. The van der Waals surface area contributed by atoms with E-state index in [0.717, 1.165) is 19.3 Å². The van der Waals surface area contributed by atoms with Crippen LogP contribution in [0.15, 0.2) is 24.3 Å². The number of nitrogens with one attached hydrogen (secondary N) is 3. The number of hydrogen-bond donors (Lipinski definition) is 3. The van der Waals surface area contributed by atoms with Crippen LogP contribution in [0.4, 0.5) is 11.4 Å². The minimum atomic E-state index is -1.86. The molecule has 1 unspecified atom stereocenters. The third-order valence-electron chi connectivity index (χ3n) is 5.73. The van der Waals surface area contributed by atoms with E-state index in [1.54, 1.807) is 6.07 Å². The van der Waals surface area contributed by atoms with Gasteiger partial charge in [-0.05, 0) is 24.7 Å². The van der Waals surface area contributed by atoms with Crippen molar-refractivity contribution in [1.29, 1.82) is 0 Å². The lowest BCUT2D eigenvalue weighted by atomic mass is 10.0. The number of anilines is 1. The van der Waals surface area contributed by atoms with Gasteiger partial charge in [-0.15, -0.1) is 0 Å². The summed E-state index contributed by atoms with van der Waals surface area (Å²) >= 11 is 23.3. The molecular weight excluding hydrogens is 543 g/mol. The van der Waals surface area contributed by atoms with Gasteiger partial charge < -0.3 is 16.0 Å². The van der Waals surface area contributed by atoms with E-state index in [2.05, 4.69) is 22.9 Å². The van der Waals surface area contributed by atoms with E-state index < -0.39 is 14.9 Å². The number of carbonyl (C=O) groups excluding carboxylic acids is 1. The zero-order chi connectivity index (χ0) is 26.8. The summed E-state index contributed by atoms with van der Waals surface area (Å²) in [5, 5.41) is 19.2. The van der Waals surface area contributed by atoms with Crippen LogP contribution in [0.25, 0.3) is 0 Å². The molecule has 1 amide bonds. The normalized spacial score (nSPS) is 12.1. The summed E-state index contributed by atoms with van der Waals surface area (Å²) in [5.41, 5.74) is 0.301. The molecule has 0 aromatic heterocycles. The molecule has 3 N–H and O–H groups in total. The molecule has 0 saturated carbocycles. The Morgan fingerprint density at radius 3 is 1.97 bits per heavy atom. The summed E-state index contributed by atoms with van der Waals surface area (Å²) in [5.74, 6) is -0.250. The number of nitro benzene ring substituents is 1. The van der Waals surface area contributed by atoms with E-state index in [0.29, 0.717) is 12.1 Å². The van der Waals surface area contributed by atoms with Crippen LogP contribution < -0.4 is 16.0 Å². The average Bonchev–Trinajstić information content (AvgIpc) is 2.81. The molecule has 1 atom stereocenters. The predicted molar refractivity (Wildman–Crippen MR) is 155 cm³/mol. The molecule has 0 aliphatic rings. The molecule has 1 rings (SSSR count). The minimum absolute atomic E-state index is 0.0492. The lowest BCUT2D eigenvalue weighted by Crippen LogP contribution is -2.56. The maximum absolute atomic E-state index is 12.4. The first-order valence-corrected chi connectivity index (χ1v) is 14.4. The van der Waals surface area contributed by atoms with Crippen molar-refractivity contribution in [3.8, 4) is 0 Å². The Bertz CT molecular complexity index is 809. The van der Waals surface area contributed by atoms with Gasteiger partial charge in [-0.25, -0.2) is 0 Å². The number of hydrogen-bond acceptors (Lipinski definition) is 4. The summed E-state index contributed by atoms with van der Waals surface area (Å²) < 4.78 is -1.86. The third-order valence-corrected chi connectivity index (χ3v) is 6.60. The van der Waals surface area contributed by atoms with Gasteiger partial charge in [0.1, 0.15) is 6.17 Å². The van der Waals surface area contributed by atoms with Gasteiger partial charge in [0.15, 0.2) is 5.11 Å². The van der Waals surface area contributed by atoms with Crippen LogP contribution in [0.1, 0.15) is 96.8 Å². The van der Waals surface area contributed by atoms with E-state index in [-0.39, 0.29) is 16.7 Å². The highest BCUT2D eigenvalue weighted by molar-refractivity contribution is 7.80. The number of rotatable bonds is 18. The van der Waals surface area contributed by atoms with E-state index in [1.165, 1.54) is 82.4 Å². The van der Waals surface area contributed by atoms with Gasteiger partial charge in [0.2, 0.25) is 9.70 Å². The quantitative estimate of drug-likeness (QED) is 0.0404. The summed E-state index contributed by atoms with van der Waals surface area (Å²) in [6.07, 6.45) is 15.2. The number of unbranched alkanes of at least 4 members (excludes halogenated alkanes) is 12. The fourth-order valence-corrected chi connectivity index (χ4v) is 4.29. The standard InChI is InChI=1S/C25H39Cl3N4O3S/c1-2-3-4-5-6-7-8-9-10-11-12-13-14-18-22(33)30-23(25(26,27)28)31-24(36)29-20-16-15-17-21(19-20)32(34)35/h15-17,19,23H,2-14,18H2,1H3,(H,30,33)(H2,29,31,36). The van der Waals surface area contributed by atoms with Crippen LogP contribution >= 0.6 is 47.0 Å². The fraction of sp³-hybridized carbons (Fsp3) is 0.680. The number of amides is 1. The fourth-order valence-electron chi connectivity index (χ4n) is 3.73. The van der Waals surface area contributed by atoms with Crippen molar-refractivity contribution in [2.75, 3.05) is 5.32 Å². The van der Waals surface area contributed by atoms with Crippen molar-refractivity contribution in [1.82, 2.24) is 10.6 Å². The molecule has 204 valence electrons. The van der Waals surface area contributed by atoms with E-state index in [4.69, 9.17) is 47.0 Å². The lowest BCUT2D eigenvalue weighted by molar-refractivity contribution is -0.384. The number of nitro groups is 1. The third kappa shape index (κ3) is 15.7.